The van der Waals surface area contributed by atoms with Crippen LogP contribution in [-0.4, -0.2) is 38.4 Å². The molecule has 1 atom stereocenters. The molecule has 1 aromatic rings. The van der Waals surface area contributed by atoms with Crippen LogP contribution in [0, 0.1) is 0 Å². The molecule has 0 radical (unpaired) electrons. The summed E-state index contributed by atoms with van der Waals surface area (Å²) in [4.78, 5) is 14.2. The largest absolute Gasteiger partial charge is 0.397 e. The number of carbonyl (C=O) groups is 1. The molecule has 19 heavy (non-hydrogen) atoms. The van der Waals surface area contributed by atoms with Gasteiger partial charge >= 0.3 is 0 Å². The van der Waals surface area contributed by atoms with Crippen molar-refractivity contribution < 1.29 is 14.3 Å². The van der Waals surface area contributed by atoms with Crippen molar-refractivity contribution in [3.8, 4) is 0 Å². The summed E-state index contributed by atoms with van der Waals surface area (Å²) in [5.74, 6) is -0.0838. The molecular formula is C14H20N2O3. The zero-order valence-corrected chi connectivity index (χ0v) is 11.2. The predicted octanol–water partition coefficient (Wildman–Crippen LogP) is 1.43. The van der Waals surface area contributed by atoms with E-state index in [1.165, 1.54) is 0 Å². The summed E-state index contributed by atoms with van der Waals surface area (Å²) in [5, 5.41) is 0. The number of benzene rings is 1. The molecule has 1 aromatic carbocycles. The van der Waals surface area contributed by atoms with Gasteiger partial charge in [-0.05, 0) is 18.6 Å². The zero-order chi connectivity index (χ0) is 13.7. The van der Waals surface area contributed by atoms with Gasteiger partial charge in [-0.1, -0.05) is 19.1 Å². The maximum Gasteiger partial charge on any atom is 0.258 e. The topological polar surface area (TPSA) is 64.8 Å². The molecule has 5 nitrogen and oxygen atoms in total. The van der Waals surface area contributed by atoms with E-state index in [2.05, 4.69) is 0 Å². The molecule has 1 heterocycles. The van der Waals surface area contributed by atoms with Gasteiger partial charge in [-0.3, -0.25) is 4.79 Å². The van der Waals surface area contributed by atoms with E-state index >= 15 is 0 Å². The molecule has 0 aromatic heterocycles. The highest BCUT2D eigenvalue weighted by Gasteiger charge is 2.28. The van der Waals surface area contributed by atoms with E-state index < -0.39 is 6.10 Å². The van der Waals surface area contributed by atoms with Crippen LogP contribution >= 0.6 is 0 Å². The Bertz CT molecular complexity index is 430. The molecule has 1 aliphatic heterocycles. The minimum Gasteiger partial charge on any atom is -0.397 e. The molecule has 1 amide bonds. The Balaban J connectivity index is 2.19. The van der Waals surface area contributed by atoms with Gasteiger partial charge in [-0.15, -0.1) is 0 Å². The van der Waals surface area contributed by atoms with E-state index in [1.54, 1.807) is 11.0 Å². The van der Waals surface area contributed by atoms with Crippen LogP contribution in [0.3, 0.4) is 0 Å². The quantitative estimate of drug-likeness (QED) is 0.835. The lowest BCUT2D eigenvalue weighted by Gasteiger charge is -2.30. The molecule has 0 aliphatic carbocycles. The van der Waals surface area contributed by atoms with Crippen LogP contribution in [0.1, 0.15) is 13.3 Å². The number of nitrogens with two attached hydrogens (primary N) is 1. The van der Waals surface area contributed by atoms with Gasteiger partial charge in [0.25, 0.3) is 5.91 Å². The number of nitrogens with zero attached hydrogens (tertiary/aromatic N) is 1. The Hall–Kier alpha value is -1.59. The normalized spacial score (nSPS) is 19.1. The fourth-order valence-electron chi connectivity index (χ4n) is 2.11. The lowest BCUT2D eigenvalue weighted by Crippen LogP contribution is -2.46. The lowest BCUT2D eigenvalue weighted by molar-refractivity contribution is -0.144. The molecular weight excluding hydrogens is 244 g/mol. The number of ether oxygens (including phenoxy) is 2. The average molecular weight is 264 g/mol. The minimum absolute atomic E-state index is 0.0838. The summed E-state index contributed by atoms with van der Waals surface area (Å²) in [6, 6.07) is 7.38. The molecule has 104 valence electrons. The van der Waals surface area contributed by atoms with Crippen LogP contribution in [0.25, 0.3) is 0 Å². The van der Waals surface area contributed by atoms with Crippen LogP contribution in [0.4, 0.5) is 11.4 Å². The van der Waals surface area contributed by atoms with Gasteiger partial charge in [0.1, 0.15) is 0 Å². The summed E-state index contributed by atoms with van der Waals surface area (Å²) >= 11 is 0. The Kier molecular flexibility index (Phi) is 4.76. The minimum atomic E-state index is -0.528. The smallest absolute Gasteiger partial charge is 0.258 e. The molecule has 5 heteroatoms. The summed E-state index contributed by atoms with van der Waals surface area (Å²) in [7, 11) is 0. The number of rotatable bonds is 4. The van der Waals surface area contributed by atoms with Crippen molar-refractivity contribution in [2.75, 3.05) is 37.0 Å². The molecule has 2 rings (SSSR count). The SMILES string of the molecule is CCCN(C(=O)C1COCCO1)c1ccccc1N. The lowest BCUT2D eigenvalue weighted by atomic mass is 10.2. The van der Waals surface area contributed by atoms with Crippen LogP contribution < -0.4 is 10.6 Å². The van der Waals surface area contributed by atoms with Crippen molar-refractivity contribution in [2.45, 2.75) is 19.4 Å². The molecule has 1 unspecified atom stereocenters. The van der Waals surface area contributed by atoms with Gasteiger partial charge in [0, 0.05) is 6.54 Å². The summed E-state index contributed by atoms with van der Waals surface area (Å²) in [6.07, 6.45) is 0.327. The standard InChI is InChI=1S/C14H20N2O3/c1-2-7-16(12-6-4-3-5-11(12)15)14(17)13-10-18-8-9-19-13/h3-6,13H,2,7-10,15H2,1H3. The molecule has 0 spiro atoms. The monoisotopic (exact) mass is 264 g/mol. The fourth-order valence-corrected chi connectivity index (χ4v) is 2.11. The Morgan fingerprint density at radius 1 is 1.42 bits per heavy atom. The molecule has 2 N–H and O–H groups in total. The first-order valence-corrected chi connectivity index (χ1v) is 6.59. The number of hydrogen-bond acceptors (Lipinski definition) is 4. The van der Waals surface area contributed by atoms with Crippen molar-refractivity contribution in [2.24, 2.45) is 0 Å². The molecule has 1 fully saturated rings. The Labute approximate surface area is 113 Å². The number of hydrogen-bond donors (Lipinski definition) is 1. The molecule has 0 bridgehead atoms. The van der Waals surface area contributed by atoms with E-state index in [4.69, 9.17) is 15.2 Å². The number of carbonyl (C=O) groups excluding carboxylic acids is 1. The fraction of sp³-hybridized carbons (Fsp3) is 0.500. The first-order valence-electron chi connectivity index (χ1n) is 6.59. The van der Waals surface area contributed by atoms with Crippen molar-refractivity contribution in [1.29, 1.82) is 0 Å². The van der Waals surface area contributed by atoms with Crippen LogP contribution in [0.15, 0.2) is 24.3 Å². The maximum absolute atomic E-state index is 12.5. The highest BCUT2D eigenvalue weighted by molar-refractivity contribution is 5.99. The Morgan fingerprint density at radius 3 is 2.84 bits per heavy atom. The van der Waals surface area contributed by atoms with Gasteiger partial charge in [-0.2, -0.15) is 0 Å². The van der Waals surface area contributed by atoms with Gasteiger partial charge in [0.05, 0.1) is 31.2 Å². The van der Waals surface area contributed by atoms with Gasteiger partial charge in [0.15, 0.2) is 6.10 Å². The average Bonchev–Trinajstić information content (AvgIpc) is 2.46. The third-order valence-electron chi connectivity index (χ3n) is 3.03. The van der Waals surface area contributed by atoms with Crippen molar-refractivity contribution in [1.82, 2.24) is 0 Å². The van der Waals surface area contributed by atoms with Crippen LogP contribution in [0.5, 0.6) is 0 Å². The zero-order valence-electron chi connectivity index (χ0n) is 11.2. The summed E-state index contributed by atoms with van der Waals surface area (Å²) in [5.41, 5.74) is 7.29. The molecule has 0 saturated carbocycles. The molecule has 1 aliphatic rings. The van der Waals surface area contributed by atoms with Crippen molar-refractivity contribution in [3.63, 3.8) is 0 Å². The third-order valence-corrected chi connectivity index (χ3v) is 3.03. The summed E-state index contributed by atoms with van der Waals surface area (Å²) in [6.45, 7) is 3.96. The second-order valence-electron chi connectivity index (χ2n) is 4.48. The van der Waals surface area contributed by atoms with Gasteiger partial charge in [0.2, 0.25) is 0 Å². The van der Waals surface area contributed by atoms with E-state index in [0.29, 0.717) is 32.1 Å². The third kappa shape index (κ3) is 3.24. The maximum atomic E-state index is 12.5. The van der Waals surface area contributed by atoms with E-state index in [9.17, 15) is 4.79 Å². The predicted molar refractivity (Wildman–Crippen MR) is 74.1 cm³/mol. The van der Waals surface area contributed by atoms with Gasteiger partial charge < -0.3 is 20.1 Å². The van der Waals surface area contributed by atoms with Gasteiger partial charge in [-0.25, -0.2) is 0 Å². The second-order valence-corrected chi connectivity index (χ2v) is 4.48. The number of amides is 1. The highest BCUT2D eigenvalue weighted by Crippen LogP contribution is 2.24. The molecule has 1 saturated heterocycles. The first kappa shape index (κ1) is 13.8. The van der Waals surface area contributed by atoms with E-state index in [-0.39, 0.29) is 5.91 Å². The van der Waals surface area contributed by atoms with Crippen LogP contribution in [0.2, 0.25) is 0 Å². The number of anilines is 2. The number of nitrogen functional groups attached to an aromatic ring is 1. The second kappa shape index (κ2) is 6.54. The van der Waals surface area contributed by atoms with E-state index in [1.807, 2.05) is 25.1 Å². The van der Waals surface area contributed by atoms with Crippen LogP contribution in [-0.2, 0) is 14.3 Å². The number of para-hydroxylation sites is 2. The van der Waals surface area contributed by atoms with E-state index in [0.717, 1.165) is 12.1 Å². The Morgan fingerprint density at radius 2 is 2.21 bits per heavy atom. The first-order chi connectivity index (χ1) is 9.24. The van der Waals surface area contributed by atoms with Crippen molar-refractivity contribution in [3.05, 3.63) is 24.3 Å². The summed E-state index contributed by atoms with van der Waals surface area (Å²) < 4.78 is 10.8. The highest BCUT2D eigenvalue weighted by atomic mass is 16.6. The van der Waals surface area contributed by atoms with Crippen molar-refractivity contribution >= 4 is 17.3 Å².